The first-order valence-electron chi connectivity index (χ1n) is 6.86. The highest BCUT2D eigenvalue weighted by atomic mass is 19.2. The predicted molar refractivity (Wildman–Crippen MR) is 78.5 cm³/mol. The van der Waals surface area contributed by atoms with Gasteiger partial charge in [0.2, 0.25) is 0 Å². The maximum absolute atomic E-state index is 13.4. The van der Waals surface area contributed by atoms with Crippen LogP contribution in [0, 0.1) is 24.4 Å². The standard InChI is InChI=1S/C17H18F3N/c1-10(2)21-9-12-5-4-11(3)6-14(12)13-7-15(18)17(20)16(19)8-13/h4-8,10,21H,9H2,1-3H3. The van der Waals surface area contributed by atoms with Gasteiger partial charge in [0, 0.05) is 12.6 Å². The average Bonchev–Trinajstić information content (AvgIpc) is 2.42. The van der Waals surface area contributed by atoms with Crippen molar-refractivity contribution in [3.8, 4) is 11.1 Å². The molecular weight excluding hydrogens is 275 g/mol. The zero-order chi connectivity index (χ0) is 15.6. The molecule has 0 aromatic heterocycles. The predicted octanol–water partition coefficient (Wildman–Crippen LogP) is 4.58. The molecule has 0 saturated carbocycles. The van der Waals surface area contributed by atoms with Crippen molar-refractivity contribution in [1.29, 1.82) is 0 Å². The van der Waals surface area contributed by atoms with E-state index in [0.29, 0.717) is 23.7 Å². The van der Waals surface area contributed by atoms with E-state index in [1.807, 2.05) is 39.0 Å². The van der Waals surface area contributed by atoms with Crippen molar-refractivity contribution >= 4 is 0 Å². The summed E-state index contributed by atoms with van der Waals surface area (Å²) in [6.45, 7) is 6.52. The van der Waals surface area contributed by atoms with Crippen LogP contribution in [0.15, 0.2) is 30.3 Å². The molecule has 112 valence electrons. The Morgan fingerprint density at radius 2 is 1.62 bits per heavy atom. The molecule has 0 spiro atoms. The normalized spacial score (nSPS) is 11.2. The van der Waals surface area contributed by atoms with Gasteiger partial charge in [-0.2, -0.15) is 0 Å². The quantitative estimate of drug-likeness (QED) is 0.814. The lowest BCUT2D eigenvalue weighted by atomic mass is 9.97. The second kappa shape index (κ2) is 6.31. The highest BCUT2D eigenvalue weighted by Gasteiger charge is 2.14. The Labute approximate surface area is 122 Å². The van der Waals surface area contributed by atoms with Crippen molar-refractivity contribution in [3.63, 3.8) is 0 Å². The van der Waals surface area contributed by atoms with Gasteiger partial charge in [-0.05, 0) is 35.7 Å². The van der Waals surface area contributed by atoms with Crippen molar-refractivity contribution in [1.82, 2.24) is 5.32 Å². The molecule has 2 aromatic rings. The van der Waals surface area contributed by atoms with Gasteiger partial charge in [-0.1, -0.05) is 37.6 Å². The maximum atomic E-state index is 13.4. The fourth-order valence-corrected chi connectivity index (χ4v) is 2.14. The Hall–Kier alpha value is -1.81. The summed E-state index contributed by atoms with van der Waals surface area (Å²) in [6.07, 6.45) is 0. The van der Waals surface area contributed by atoms with Crippen molar-refractivity contribution in [2.45, 2.75) is 33.4 Å². The third-order valence-electron chi connectivity index (χ3n) is 3.26. The lowest BCUT2D eigenvalue weighted by Crippen LogP contribution is -2.22. The molecule has 0 aliphatic heterocycles. The smallest absolute Gasteiger partial charge is 0.194 e. The summed E-state index contributed by atoms with van der Waals surface area (Å²) in [7, 11) is 0. The van der Waals surface area contributed by atoms with Gasteiger partial charge in [-0.3, -0.25) is 0 Å². The van der Waals surface area contributed by atoms with Crippen LogP contribution in [0.3, 0.4) is 0 Å². The first-order valence-corrected chi connectivity index (χ1v) is 6.86. The minimum absolute atomic E-state index is 0.292. The summed E-state index contributed by atoms with van der Waals surface area (Å²) in [4.78, 5) is 0. The van der Waals surface area contributed by atoms with Gasteiger partial charge in [-0.25, -0.2) is 13.2 Å². The van der Waals surface area contributed by atoms with Crippen LogP contribution in [0.4, 0.5) is 13.2 Å². The second-order valence-electron chi connectivity index (χ2n) is 5.45. The Balaban J connectivity index is 2.49. The van der Waals surface area contributed by atoms with E-state index >= 15 is 0 Å². The minimum atomic E-state index is -1.44. The molecule has 0 atom stereocenters. The number of nitrogens with one attached hydrogen (secondary N) is 1. The van der Waals surface area contributed by atoms with E-state index in [9.17, 15) is 13.2 Å². The summed E-state index contributed by atoms with van der Waals surface area (Å²) in [5.41, 5.74) is 2.94. The number of benzene rings is 2. The molecule has 4 heteroatoms. The lowest BCUT2D eigenvalue weighted by molar-refractivity contribution is 0.447. The van der Waals surface area contributed by atoms with E-state index in [1.165, 1.54) is 0 Å². The van der Waals surface area contributed by atoms with Crippen molar-refractivity contribution < 1.29 is 13.2 Å². The first-order chi connectivity index (χ1) is 9.88. The number of hydrogen-bond acceptors (Lipinski definition) is 1. The average molecular weight is 293 g/mol. The van der Waals surface area contributed by atoms with Crippen LogP contribution < -0.4 is 5.32 Å². The Morgan fingerprint density at radius 1 is 1.00 bits per heavy atom. The maximum Gasteiger partial charge on any atom is 0.194 e. The van der Waals surface area contributed by atoms with Crippen LogP contribution in [-0.4, -0.2) is 6.04 Å². The zero-order valence-electron chi connectivity index (χ0n) is 12.3. The molecule has 0 fully saturated rings. The highest BCUT2D eigenvalue weighted by molar-refractivity contribution is 5.68. The third-order valence-corrected chi connectivity index (χ3v) is 3.26. The largest absolute Gasteiger partial charge is 0.310 e. The molecule has 0 radical (unpaired) electrons. The molecule has 0 unspecified atom stereocenters. The van der Waals surface area contributed by atoms with E-state index in [0.717, 1.165) is 23.3 Å². The van der Waals surface area contributed by atoms with Gasteiger partial charge in [0.05, 0.1) is 0 Å². The first kappa shape index (κ1) is 15.6. The van der Waals surface area contributed by atoms with Crippen LogP contribution >= 0.6 is 0 Å². The van der Waals surface area contributed by atoms with Gasteiger partial charge >= 0.3 is 0 Å². The molecular formula is C17H18F3N. The van der Waals surface area contributed by atoms with E-state index < -0.39 is 17.5 Å². The molecule has 2 rings (SSSR count). The lowest BCUT2D eigenvalue weighted by Gasteiger charge is -2.14. The van der Waals surface area contributed by atoms with E-state index in [-0.39, 0.29) is 0 Å². The number of hydrogen-bond donors (Lipinski definition) is 1. The Kier molecular flexibility index (Phi) is 4.68. The van der Waals surface area contributed by atoms with E-state index in [2.05, 4.69) is 5.32 Å². The molecule has 1 N–H and O–H groups in total. The van der Waals surface area contributed by atoms with Crippen molar-refractivity contribution in [2.75, 3.05) is 0 Å². The van der Waals surface area contributed by atoms with Crippen molar-refractivity contribution in [2.24, 2.45) is 0 Å². The van der Waals surface area contributed by atoms with Crippen LogP contribution in [0.1, 0.15) is 25.0 Å². The summed E-state index contributed by atoms with van der Waals surface area (Å²) in [5, 5.41) is 3.27. The summed E-state index contributed by atoms with van der Waals surface area (Å²) < 4.78 is 40.0. The molecule has 0 aliphatic carbocycles. The van der Waals surface area contributed by atoms with Gasteiger partial charge in [0.1, 0.15) is 0 Å². The minimum Gasteiger partial charge on any atom is -0.310 e. The van der Waals surface area contributed by atoms with Crippen LogP contribution in [0.25, 0.3) is 11.1 Å². The molecule has 2 aromatic carbocycles. The summed E-state index contributed by atoms with van der Waals surface area (Å²) in [6, 6.07) is 8.07. The molecule has 0 heterocycles. The summed E-state index contributed by atoms with van der Waals surface area (Å²) in [5.74, 6) is -3.78. The number of halogens is 3. The van der Waals surface area contributed by atoms with E-state index in [1.54, 1.807) is 0 Å². The molecule has 0 saturated heterocycles. The molecule has 21 heavy (non-hydrogen) atoms. The SMILES string of the molecule is Cc1ccc(CNC(C)C)c(-c2cc(F)c(F)c(F)c2)c1. The van der Waals surface area contributed by atoms with Gasteiger partial charge in [-0.15, -0.1) is 0 Å². The van der Waals surface area contributed by atoms with Crippen LogP contribution in [0.5, 0.6) is 0 Å². The Bertz CT molecular complexity index is 627. The van der Waals surface area contributed by atoms with Gasteiger partial charge in [0.25, 0.3) is 0 Å². The van der Waals surface area contributed by atoms with Crippen LogP contribution in [-0.2, 0) is 6.54 Å². The molecule has 0 amide bonds. The fourth-order valence-electron chi connectivity index (χ4n) is 2.14. The van der Waals surface area contributed by atoms with Gasteiger partial charge < -0.3 is 5.32 Å². The number of aryl methyl sites for hydroxylation is 1. The number of rotatable bonds is 4. The third kappa shape index (κ3) is 3.64. The second-order valence-corrected chi connectivity index (χ2v) is 5.45. The zero-order valence-corrected chi connectivity index (χ0v) is 12.3. The Morgan fingerprint density at radius 3 is 2.19 bits per heavy atom. The fraction of sp³-hybridized carbons (Fsp3) is 0.294. The van der Waals surface area contributed by atoms with Crippen molar-refractivity contribution in [3.05, 3.63) is 58.9 Å². The van der Waals surface area contributed by atoms with E-state index in [4.69, 9.17) is 0 Å². The van der Waals surface area contributed by atoms with Gasteiger partial charge in [0.15, 0.2) is 17.5 Å². The monoisotopic (exact) mass is 293 g/mol. The van der Waals surface area contributed by atoms with Crippen LogP contribution in [0.2, 0.25) is 0 Å². The highest BCUT2D eigenvalue weighted by Crippen LogP contribution is 2.28. The molecule has 1 nitrogen and oxygen atoms in total. The topological polar surface area (TPSA) is 12.0 Å². The molecule has 0 bridgehead atoms. The molecule has 0 aliphatic rings. The summed E-state index contributed by atoms with van der Waals surface area (Å²) >= 11 is 0.